The molecule has 0 atom stereocenters. The van der Waals surface area contributed by atoms with Crippen molar-refractivity contribution in [2.45, 2.75) is 6.92 Å². The lowest BCUT2D eigenvalue weighted by Gasteiger charge is -2.02. The highest BCUT2D eigenvalue weighted by Gasteiger charge is 2.01. The first kappa shape index (κ1) is 11.4. The van der Waals surface area contributed by atoms with Gasteiger partial charge in [-0.3, -0.25) is 4.79 Å². The van der Waals surface area contributed by atoms with E-state index in [-0.39, 0.29) is 5.97 Å². The molecule has 0 aliphatic carbocycles. The molecule has 0 radical (unpaired) electrons. The molecule has 2 nitrogen and oxygen atoms in total. The van der Waals surface area contributed by atoms with E-state index >= 15 is 0 Å². The molecule has 72 valence electrons. The smallest absolute Gasteiger partial charge is 0.308 e. The lowest BCUT2D eigenvalue weighted by Crippen LogP contribution is -2.02. The summed E-state index contributed by atoms with van der Waals surface area (Å²) in [4.78, 5) is 10.8. The summed E-state index contributed by atoms with van der Waals surface area (Å²) >= 11 is 2.09. The standard InChI is InChI=1S/C10H7IO2S/c1-8(12)13-10-5-3-2-4-9(10)6-7-14-11/h2-5H,1H3. The largest absolute Gasteiger partial charge is 0.425 e. The first-order valence-corrected chi connectivity index (χ1v) is 7.16. The maximum absolute atomic E-state index is 10.8. The van der Waals surface area contributed by atoms with Crippen LogP contribution >= 0.6 is 30.1 Å². The van der Waals surface area contributed by atoms with Crippen LogP contribution < -0.4 is 4.74 Å². The van der Waals surface area contributed by atoms with E-state index in [2.05, 4.69) is 32.4 Å². The van der Waals surface area contributed by atoms with Gasteiger partial charge in [0.25, 0.3) is 0 Å². The van der Waals surface area contributed by atoms with E-state index < -0.39 is 0 Å². The molecule has 0 N–H and O–H groups in total. The van der Waals surface area contributed by atoms with Crippen LogP contribution in [-0.4, -0.2) is 5.97 Å². The van der Waals surface area contributed by atoms with Crippen LogP contribution in [0.3, 0.4) is 0 Å². The Balaban J connectivity index is 2.96. The number of carbonyl (C=O) groups is 1. The molecule has 0 spiro atoms. The summed E-state index contributed by atoms with van der Waals surface area (Å²) < 4.78 is 4.99. The van der Waals surface area contributed by atoms with Crippen molar-refractivity contribution in [3.05, 3.63) is 29.8 Å². The van der Waals surface area contributed by atoms with E-state index in [0.717, 1.165) is 5.56 Å². The monoisotopic (exact) mass is 318 g/mol. The van der Waals surface area contributed by atoms with Crippen molar-refractivity contribution >= 4 is 36.1 Å². The minimum atomic E-state index is -0.332. The summed E-state index contributed by atoms with van der Waals surface area (Å²) in [5, 5.41) is 2.84. The molecule has 1 aromatic rings. The number of halogens is 1. The minimum absolute atomic E-state index is 0.332. The van der Waals surface area contributed by atoms with Crippen molar-refractivity contribution in [3.8, 4) is 16.9 Å². The topological polar surface area (TPSA) is 26.3 Å². The van der Waals surface area contributed by atoms with Gasteiger partial charge in [-0.05, 0) is 26.3 Å². The predicted molar refractivity (Wildman–Crippen MR) is 66.2 cm³/mol. The zero-order chi connectivity index (χ0) is 10.4. The number of para-hydroxylation sites is 1. The van der Waals surface area contributed by atoms with Crippen molar-refractivity contribution < 1.29 is 9.53 Å². The van der Waals surface area contributed by atoms with Crippen LogP contribution in [0.2, 0.25) is 0 Å². The van der Waals surface area contributed by atoms with Gasteiger partial charge in [0.05, 0.1) is 5.56 Å². The Morgan fingerprint density at radius 1 is 1.50 bits per heavy atom. The SMILES string of the molecule is CC(=O)Oc1ccccc1C#CSI. The number of hydrogen-bond donors (Lipinski definition) is 0. The molecule has 0 aromatic heterocycles. The Morgan fingerprint density at radius 3 is 2.86 bits per heavy atom. The maximum atomic E-state index is 10.8. The maximum Gasteiger partial charge on any atom is 0.308 e. The molecule has 0 heterocycles. The molecule has 4 heteroatoms. The number of benzene rings is 1. The normalized spacial score (nSPS) is 8.71. The third-order valence-electron chi connectivity index (χ3n) is 1.37. The fourth-order valence-corrected chi connectivity index (χ4v) is 1.37. The summed E-state index contributed by atoms with van der Waals surface area (Å²) in [5.41, 5.74) is 0.729. The van der Waals surface area contributed by atoms with Crippen molar-refractivity contribution in [1.29, 1.82) is 0 Å². The number of hydrogen-bond acceptors (Lipinski definition) is 3. The molecule has 0 amide bonds. The third kappa shape index (κ3) is 3.60. The Labute approximate surface area is 99.0 Å². The quantitative estimate of drug-likeness (QED) is 0.345. The lowest BCUT2D eigenvalue weighted by molar-refractivity contribution is -0.131. The van der Waals surface area contributed by atoms with Crippen molar-refractivity contribution in [1.82, 2.24) is 0 Å². The van der Waals surface area contributed by atoms with Gasteiger partial charge in [-0.2, -0.15) is 0 Å². The van der Waals surface area contributed by atoms with Crippen molar-refractivity contribution in [3.63, 3.8) is 0 Å². The number of ether oxygens (including phenoxy) is 1. The predicted octanol–water partition coefficient (Wildman–Crippen LogP) is 3.00. The molecule has 0 saturated heterocycles. The molecule has 1 rings (SSSR count). The second-order valence-corrected chi connectivity index (χ2v) is 4.07. The van der Waals surface area contributed by atoms with Crippen LogP contribution in [0.5, 0.6) is 5.75 Å². The summed E-state index contributed by atoms with van der Waals surface area (Å²) in [5.74, 6) is 3.08. The van der Waals surface area contributed by atoms with Crippen molar-refractivity contribution in [2.75, 3.05) is 0 Å². The minimum Gasteiger partial charge on any atom is -0.425 e. The van der Waals surface area contributed by atoms with Crippen LogP contribution in [0.15, 0.2) is 24.3 Å². The Hall–Kier alpha value is -0.670. The molecular formula is C10H7IO2S. The molecule has 1 aromatic carbocycles. The average molecular weight is 318 g/mol. The Bertz CT molecular complexity index is 393. The van der Waals surface area contributed by atoms with Gasteiger partial charge in [0.2, 0.25) is 0 Å². The fourth-order valence-electron chi connectivity index (χ4n) is 0.888. The number of rotatable bonds is 1. The number of esters is 1. The third-order valence-corrected chi connectivity index (χ3v) is 2.20. The zero-order valence-electron chi connectivity index (χ0n) is 7.41. The second kappa shape index (κ2) is 5.94. The molecule has 0 saturated carbocycles. The second-order valence-electron chi connectivity index (χ2n) is 2.39. The molecule has 0 aliphatic heterocycles. The van der Waals surface area contributed by atoms with Gasteiger partial charge in [0, 0.05) is 28.1 Å². The van der Waals surface area contributed by atoms with Crippen molar-refractivity contribution in [2.24, 2.45) is 0 Å². The molecule has 0 unspecified atom stereocenters. The zero-order valence-corrected chi connectivity index (χ0v) is 10.4. The van der Waals surface area contributed by atoms with Gasteiger partial charge in [-0.15, -0.1) is 0 Å². The highest BCUT2D eigenvalue weighted by atomic mass is 127. The van der Waals surface area contributed by atoms with Crippen LogP contribution in [0.1, 0.15) is 12.5 Å². The Kier molecular flexibility index (Phi) is 4.84. The highest BCUT2D eigenvalue weighted by molar-refractivity contribution is 14.2. The molecular weight excluding hydrogens is 311 g/mol. The molecule has 0 aliphatic rings. The van der Waals surface area contributed by atoms with E-state index in [1.165, 1.54) is 15.9 Å². The van der Waals surface area contributed by atoms with E-state index in [4.69, 9.17) is 4.74 Å². The number of carbonyl (C=O) groups excluding carboxylic acids is 1. The van der Waals surface area contributed by atoms with Gasteiger partial charge in [-0.25, -0.2) is 0 Å². The highest BCUT2D eigenvalue weighted by Crippen LogP contribution is 2.17. The summed E-state index contributed by atoms with van der Waals surface area (Å²) in [6, 6.07) is 7.21. The molecule has 0 bridgehead atoms. The first-order chi connectivity index (χ1) is 6.74. The van der Waals surface area contributed by atoms with E-state index in [1.807, 2.05) is 12.1 Å². The summed E-state index contributed by atoms with van der Waals surface area (Å²) in [7, 11) is 1.39. The van der Waals surface area contributed by atoms with Crippen LogP contribution in [0.4, 0.5) is 0 Å². The van der Waals surface area contributed by atoms with Crippen LogP contribution in [0.25, 0.3) is 0 Å². The van der Waals surface area contributed by atoms with Crippen LogP contribution in [0, 0.1) is 11.2 Å². The average Bonchev–Trinajstić information content (AvgIpc) is 2.16. The summed E-state index contributed by atoms with van der Waals surface area (Å²) in [6.45, 7) is 1.37. The summed E-state index contributed by atoms with van der Waals surface area (Å²) in [6.07, 6.45) is 0. The lowest BCUT2D eigenvalue weighted by atomic mass is 10.2. The fraction of sp³-hybridized carbons (Fsp3) is 0.100. The van der Waals surface area contributed by atoms with Gasteiger partial charge in [0.15, 0.2) is 0 Å². The first-order valence-electron chi connectivity index (χ1n) is 3.80. The molecule has 14 heavy (non-hydrogen) atoms. The van der Waals surface area contributed by atoms with Gasteiger partial charge < -0.3 is 4.74 Å². The van der Waals surface area contributed by atoms with Gasteiger partial charge in [0.1, 0.15) is 5.75 Å². The van der Waals surface area contributed by atoms with Gasteiger partial charge in [-0.1, -0.05) is 18.1 Å². The van der Waals surface area contributed by atoms with Crippen LogP contribution in [-0.2, 0) is 4.79 Å². The molecule has 0 fully saturated rings. The van der Waals surface area contributed by atoms with E-state index in [9.17, 15) is 4.79 Å². The van der Waals surface area contributed by atoms with Gasteiger partial charge >= 0.3 is 5.97 Å². The van der Waals surface area contributed by atoms with E-state index in [1.54, 1.807) is 12.1 Å². The van der Waals surface area contributed by atoms with E-state index in [0.29, 0.717) is 5.75 Å². The Morgan fingerprint density at radius 2 is 2.21 bits per heavy atom.